The zero-order chi connectivity index (χ0) is 17.1. The Balaban J connectivity index is 1.62. The second-order valence-corrected chi connectivity index (χ2v) is 5.31. The number of anilines is 1. The lowest BCUT2D eigenvalue weighted by Gasteiger charge is -2.18. The van der Waals surface area contributed by atoms with E-state index in [1.165, 1.54) is 0 Å². The summed E-state index contributed by atoms with van der Waals surface area (Å²) in [6.07, 6.45) is 1.65. The van der Waals surface area contributed by atoms with Crippen molar-refractivity contribution in [2.75, 3.05) is 18.5 Å². The van der Waals surface area contributed by atoms with Crippen LogP contribution in [0.1, 0.15) is 0 Å². The van der Waals surface area contributed by atoms with Crippen LogP contribution in [0.3, 0.4) is 0 Å². The Hall–Kier alpha value is -3.14. The number of carbonyl (C=O) groups excluding carboxylic acids is 3. The average Bonchev–Trinajstić information content (AvgIpc) is 3.20. The van der Waals surface area contributed by atoms with Gasteiger partial charge in [0.1, 0.15) is 12.1 Å². The minimum absolute atomic E-state index is 0.126. The highest BCUT2D eigenvalue weighted by Gasteiger charge is 2.30. The van der Waals surface area contributed by atoms with Gasteiger partial charge in [-0.2, -0.15) is 5.10 Å². The van der Waals surface area contributed by atoms with Crippen molar-refractivity contribution >= 4 is 34.4 Å². The van der Waals surface area contributed by atoms with Gasteiger partial charge in [-0.15, -0.1) is 0 Å². The van der Waals surface area contributed by atoms with Gasteiger partial charge in [-0.3, -0.25) is 14.7 Å². The predicted octanol–water partition coefficient (Wildman–Crippen LogP) is -1.34. The lowest BCUT2D eigenvalue weighted by Crippen LogP contribution is -2.52. The summed E-state index contributed by atoms with van der Waals surface area (Å²) in [6, 6.07) is 2.80. The van der Waals surface area contributed by atoms with E-state index in [9.17, 15) is 19.5 Å². The first-order chi connectivity index (χ1) is 11.6. The van der Waals surface area contributed by atoms with Crippen LogP contribution in [0.5, 0.6) is 0 Å². The fraction of sp³-hybridized carbons (Fsp3) is 0.286. The summed E-state index contributed by atoms with van der Waals surface area (Å²) in [6.45, 7) is -0.446. The maximum absolute atomic E-state index is 12.2. The standard InChI is InChI=1S/C14H16N6O4/c21-6-11(18-12(22)10-5-15-14(24)19-10)13(23)17-8-2-1-7-4-16-20-9(7)3-8/h1-4,10-11,21H,5-6H2,(H,16,20)(H,17,23)(H,18,22)(H2,15,19,24). The monoisotopic (exact) mass is 332 g/mol. The first-order valence-corrected chi connectivity index (χ1v) is 7.26. The van der Waals surface area contributed by atoms with Gasteiger partial charge in [0.05, 0.1) is 18.3 Å². The van der Waals surface area contributed by atoms with E-state index in [-0.39, 0.29) is 6.54 Å². The number of hydrogen-bond donors (Lipinski definition) is 6. The number of carbonyl (C=O) groups is 3. The summed E-state index contributed by atoms with van der Waals surface area (Å²) in [5.74, 6) is -1.12. The van der Waals surface area contributed by atoms with Crippen molar-refractivity contribution < 1.29 is 19.5 Å². The first kappa shape index (κ1) is 15.7. The fourth-order valence-corrected chi connectivity index (χ4v) is 2.32. The highest BCUT2D eigenvalue weighted by molar-refractivity contribution is 6.00. The minimum atomic E-state index is -1.13. The van der Waals surface area contributed by atoms with Crippen LogP contribution in [0.15, 0.2) is 24.4 Å². The zero-order valence-corrected chi connectivity index (χ0v) is 12.5. The van der Waals surface area contributed by atoms with E-state index in [0.29, 0.717) is 5.69 Å². The Labute approximate surface area is 136 Å². The molecule has 0 spiro atoms. The number of aromatic amines is 1. The third-order valence-electron chi connectivity index (χ3n) is 3.61. The van der Waals surface area contributed by atoms with E-state index in [1.807, 2.05) is 0 Å². The molecule has 1 saturated heterocycles. The zero-order valence-electron chi connectivity index (χ0n) is 12.5. The van der Waals surface area contributed by atoms with E-state index >= 15 is 0 Å². The van der Waals surface area contributed by atoms with E-state index in [0.717, 1.165) is 10.9 Å². The Morgan fingerprint density at radius 3 is 2.96 bits per heavy atom. The van der Waals surface area contributed by atoms with Crippen molar-refractivity contribution in [2.45, 2.75) is 12.1 Å². The smallest absolute Gasteiger partial charge is 0.315 e. The molecule has 6 N–H and O–H groups in total. The van der Waals surface area contributed by atoms with Gasteiger partial charge in [0.2, 0.25) is 11.8 Å². The van der Waals surface area contributed by atoms with Crippen LogP contribution >= 0.6 is 0 Å². The molecule has 4 amide bonds. The number of rotatable bonds is 5. The van der Waals surface area contributed by atoms with Gasteiger partial charge in [-0.05, 0) is 18.2 Å². The molecule has 2 unspecified atom stereocenters. The maximum Gasteiger partial charge on any atom is 0.315 e. The highest BCUT2D eigenvalue weighted by Crippen LogP contribution is 2.16. The van der Waals surface area contributed by atoms with Crippen molar-refractivity contribution in [3.05, 3.63) is 24.4 Å². The number of aliphatic hydroxyl groups is 1. The lowest BCUT2D eigenvalue weighted by molar-refractivity contribution is -0.128. The van der Waals surface area contributed by atoms with Crippen molar-refractivity contribution in [1.29, 1.82) is 0 Å². The molecule has 3 rings (SSSR count). The number of H-pyrrole nitrogens is 1. The molecular formula is C14H16N6O4. The van der Waals surface area contributed by atoms with Crippen LogP contribution in [0.4, 0.5) is 10.5 Å². The summed E-state index contributed by atoms with van der Waals surface area (Å²) in [5, 5.41) is 26.8. The average molecular weight is 332 g/mol. The number of aliphatic hydroxyl groups excluding tert-OH is 1. The molecule has 1 aromatic heterocycles. The molecule has 10 heteroatoms. The van der Waals surface area contributed by atoms with Crippen molar-refractivity contribution in [2.24, 2.45) is 0 Å². The molecule has 126 valence electrons. The Kier molecular flexibility index (Phi) is 4.29. The molecule has 1 aliphatic rings. The molecule has 1 aromatic carbocycles. The van der Waals surface area contributed by atoms with Gasteiger partial charge in [0, 0.05) is 17.6 Å². The SMILES string of the molecule is O=C1NCC(C(=O)NC(CO)C(=O)Nc2ccc3cn[nH]c3c2)N1. The minimum Gasteiger partial charge on any atom is -0.394 e. The van der Waals surface area contributed by atoms with E-state index < -0.39 is 36.5 Å². The predicted molar refractivity (Wildman–Crippen MR) is 84.1 cm³/mol. The molecule has 0 bridgehead atoms. The third-order valence-corrected chi connectivity index (χ3v) is 3.61. The molecule has 24 heavy (non-hydrogen) atoms. The van der Waals surface area contributed by atoms with Crippen LogP contribution in [0, 0.1) is 0 Å². The fourth-order valence-electron chi connectivity index (χ4n) is 2.32. The van der Waals surface area contributed by atoms with Gasteiger partial charge in [-0.1, -0.05) is 0 Å². The molecule has 0 aliphatic carbocycles. The topological polar surface area (TPSA) is 148 Å². The lowest BCUT2D eigenvalue weighted by atomic mass is 10.2. The largest absolute Gasteiger partial charge is 0.394 e. The molecule has 2 aromatic rings. The van der Waals surface area contributed by atoms with Gasteiger partial charge in [0.15, 0.2) is 0 Å². The number of nitrogens with one attached hydrogen (secondary N) is 5. The summed E-state index contributed by atoms with van der Waals surface area (Å²) >= 11 is 0. The number of amides is 4. The van der Waals surface area contributed by atoms with Gasteiger partial charge in [-0.25, -0.2) is 4.79 Å². The number of urea groups is 1. The van der Waals surface area contributed by atoms with Crippen molar-refractivity contribution in [3.8, 4) is 0 Å². The molecule has 2 atom stereocenters. The van der Waals surface area contributed by atoms with Crippen LogP contribution < -0.4 is 21.3 Å². The summed E-state index contributed by atoms with van der Waals surface area (Å²) in [4.78, 5) is 35.2. The second-order valence-electron chi connectivity index (χ2n) is 5.31. The second kappa shape index (κ2) is 6.54. The van der Waals surface area contributed by atoms with Gasteiger partial charge in [0.25, 0.3) is 0 Å². The number of aromatic nitrogens is 2. The van der Waals surface area contributed by atoms with Crippen LogP contribution in [0.25, 0.3) is 10.9 Å². The van der Waals surface area contributed by atoms with Gasteiger partial charge >= 0.3 is 6.03 Å². The Morgan fingerprint density at radius 2 is 2.25 bits per heavy atom. The third kappa shape index (κ3) is 3.27. The van der Waals surface area contributed by atoms with E-state index in [4.69, 9.17) is 0 Å². The summed E-state index contributed by atoms with van der Waals surface area (Å²) in [7, 11) is 0. The van der Waals surface area contributed by atoms with Crippen LogP contribution in [-0.2, 0) is 9.59 Å². The Morgan fingerprint density at radius 1 is 1.42 bits per heavy atom. The first-order valence-electron chi connectivity index (χ1n) is 7.26. The number of hydrogen-bond acceptors (Lipinski definition) is 5. The van der Waals surface area contributed by atoms with Crippen LogP contribution in [-0.4, -0.2) is 58.4 Å². The summed E-state index contributed by atoms with van der Waals surface area (Å²) in [5.41, 5.74) is 1.25. The van der Waals surface area contributed by atoms with Crippen LogP contribution in [0.2, 0.25) is 0 Å². The van der Waals surface area contributed by atoms with Crippen molar-refractivity contribution in [3.63, 3.8) is 0 Å². The van der Waals surface area contributed by atoms with E-state index in [2.05, 4.69) is 31.5 Å². The van der Waals surface area contributed by atoms with Crippen molar-refractivity contribution in [1.82, 2.24) is 26.1 Å². The number of nitrogens with zero attached hydrogens (tertiary/aromatic N) is 1. The molecule has 10 nitrogen and oxygen atoms in total. The normalized spacial score (nSPS) is 17.9. The quantitative estimate of drug-likeness (QED) is 0.401. The van der Waals surface area contributed by atoms with E-state index in [1.54, 1.807) is 24.4 Å². The molecule has 1 fully saturated rings. The van der Waals surface area contributed by atoms with Gasteiger partial charge < -0.3 is 26.4 Å². The maximum atomic E-state index is 12.2. The Bertz CT molecular complexity index is 788. The summed E-state index contributed by atoms with van der Waals surface area (Å²) < 4.78 is 0. The molecule has 0 saturated carbocycles. The number of fused-ring (bicyclic) bond motifs is 1. The molecular weight excluding hydrogens is 316 g/mol. The highest BCUT2D eigenvalue weighted by atomic mass is 16.3. The number of benzene rings is 1. The molecule has 1 aliphatic heterocycles. The molecule has 0 radical (unpaired) electrons. The molecule has 2 heterocycles.